The Balaban J connectivity index is 2.55. The Bertz CT molecular complexity index is 580. The first-order chi connectivity index (χ1) is 9.02. The molecule has 2 heterocycles. The highest BCUT2D eigenvalue weighted by atomic mass is 79.9. The van der Waals surface area contributed by atoms with Crippen LogP contribution >= 0.6 is 27.3 Å². The van der Waals surface area contributed by atoms with Gasteiger partial charge in [-0.2, -0.15) is 0 Å². The smallest absolute Gasteiger partial charge is 0.191 e. The van der Waals surface area contributed by atoms with Gasteiger partial charge in [0.25, 0.3) is 0 Å². The van der Waals surface area contributed by atoms with Gasteiger partial charge in [0.2, 0.25) is 0 Å². The molecule has 2 rings (SSSR count). The lowest BCUT2D eigenvalue weighted by atomic mass is 10.1. The van der Waals surface area contributed by atoms with Crippen LogP contribution in [-0.4, -0.2) is 21.5 Å². The van der Waals surface area contributed by atoms with Crippen molar-refractivity contribution in [1.29, 1.82) is 0 Å². The van der Waals surface area contributed by atoms with Crippen LogP contribution in [0.15, 0.2) is 9.85 Å². The fraction of sp³-hybridized carbons (Fsp3) is 0.462. The van der Waals surface area contributed by atoms with Crippen LogP contribution in [0.2, 0.25) is 0 Å². The minimum atomic E-state index is 0.328. The van der Waals surface area contributed by atoms with E-state index >= 15 is 0 Å². The van der Waals surface area contributed by atoms with Gasteiger partial charge >= 0.3 is 0 Å². The number of anilines is 1. The summed E-state index contributed by atoms with van der Waals surface area (Å²) < 4.78 is 0.946. The Morgan fingerprint density at radius 3 is 2.58 bits per heavy atom. The fourth-order valence-electron chi connectivity index (χ4n) is 1.68. The van der Waals surface area contributed by atoms with E-state index in [0.29, 0.717) is 11.7 Å². The number of nitrogens with zero attached hydrogens (tertiary/aromatic N) is 3. The van der Waals surface area contributed by atoms with E-state index < -0.39 is 0 Å². The monoisotopic (exact) mass is 340 g/mol. The normalized spacial score (nSPS) is 11.1. The van der Waals surface area contributed by atoms with Crippen molar-refractivity contribution in [2.75, 3.05) is 11.9 Å². The van der Waals surface area contributed by atoms with Gasteiger partial charge in [0, 0.05) is 17.6 Å². The minimum Gasteiger partial charge on any atom is -0.369 e. The van der Waals surface area contributed by atoms with Crippen molar-refractivity contribution in [2.45, 2.75) is 33.6 Å². The summed E-state index contributed by atoms with van der Waals surface area (Å²) in [5, 5.41) is 6.15. The van der Waals surface area contributed by atoms with E-state index in [1.54, 1.807) is 11.3 Å². The molecular formula is C13H17BrN4S. The second kappa shape index (κ2) is 5.96. The van der Waals surface area contributed by atoms with Gasteiger partial charge in [-0.1, -0.05) is 13.8 Å². The molecule has 6 heteroatoms. The topological polar surface area (TPSA) is 50.7 Å². The predicted molar refractivity (Wildman–Crippen MR) is 83.8 cm³/mol. The van der Waals surface area contributed by atoms with Gasteiger partial charge in [-0.25, -0.2) is 15.0 Å². The molecule has 0 aromatic carbocycles. The zero-order valence-electron chi connectivity index (χ0n) is 11.5. The van der Waals surface area contributed by atoms with Crippen molar-refractivity contribution in [1.82, 2.24) is 15.0 Å². The Labute approximate surface area is 125 Å². The molecule has 0 spiro atoms. The van der Waals surface area contributed by atoms with E-state index in [2.05, 4.69) is 57.0 Å². The summed E-state index contributed by atoms with van der Waals surface area (Å²) in [6, 6.07) is 0. The van der Waals surface area contributed by atoms with Crippen molar-refractivity contribution >= 4 is 33.1 Å². The Morgan fingerprint density at radius 2 is 2.05 bits per heavy atom. The quantitative estimate of drug-likeness (QED) is 0.904. The second-order valence-electron chi connectivity index (χ2n) is 4.57. The van der Waals surface area contributed by atoms with Crippen LogP contribution in [-0.2, 0) is 0 Å². The van der Waals surface area contributed by atoms with Crippen LogP contribution in [0.1, 0.15) is 38.1 Å². The van der Waals surface area contributed by atoms with Crippen molar-refractivity contribution in [3.05, 3.63) is 21.2 Å². The maximum absolute atomic E-state index is 4.65. The van der Waals surface area contributed by atoms with E-state index in [1.807, 2.05) is 12.3 Å². The van der Waals surface area contributed by atoms with Gasteiger partial charge in [-0.05, 0) is 35.7 Å². The lowest BCUT2D eigenvalue weighted by molar-refractivity contribution is 0.809. The number of nitrogens with one attached hydrogen (secondary N) is 1. The highest BCUT2D eigenvalue weighted by Crippen LogP contribution is 2.32. The van der Waals surface area contributed by atoms with Crippen molar-refractivity contribution in [3.8, 4) is 10.8 Å². The molecule has 19 heavy (non-hydrogen) atoms. The summed E-state index contributed by atoms with van der Waals surface area (Å²) in [7, 11) is 0. The third-order valence-corrected chi connectivity index (χ3v) is 4.32. The molecule has 0 fully saturated rings. The number of thiazole rings is 1. The van der Waals surface area contributed by atoms with Crippen molar-refractivity contribution in [2.24, 2.45) is 0 Å². The molecule has 0 bridgehead atoms. The summed E-state index contributed by atoms with van der Waals surface area (Å²) in [5.41, 5.74) is 2.01. The van der Waals surface area contributed by atoms with Gasteiger partial charge in [0.1, 0.15) is 5.82 Å². The molecule has 0 aliphatic heterocycles. The molecule has 2 aromatic heterocycles. The molecule has 1 N–H and O–H groups in total. The zero-order chi connectivity index (χ0) is 14.0. The molecule has 4 nitrogen and oxygen atoms in total. The molecule has 0 aliphatic rings. The van der Waals surface area contributed by atoms with Crippen LogP contribution < -0.4 is 5.32 Å². The van der Waals surface area contributed by atoms with Gasteiger partial charge in [-0.15, -0.1) is 11.3 Å². The summed E-state index contributed by atoms with van der Waals surface area (Å²) in [6.45, 7) is 9.10. The Hall–Kier alpha value is -1.01. The van der Waals surface area contributed by atoms with Crippen LogP contribution in [0.25, 0.3) is 10.8 Å². The first kappa shape index (κ1) is 14.4. The first-order valence-electron chi connectivity index (χ1n) is 6.26. The predicted octanol–water partition coefficient (Wildman–Crippen LogP) is 4.23. The molecule has 0 radical (unpaired) electrons. The number of aromatic nitrogens is 3. The molecule has 0 saturated carbocycles. The minimum absolute atomic E-state index is 0.328. The summed E-state index contributed by atoms with van der Waals surface area (Å²) >= 11 is 5.17. The largest absolute Gasteiger partial charge is 0.369 e. The number of aryl methyl sites for hydroxylation is 1. The van der Waals surface area contributed by atoms with E-state index in [9.17, 15) is 0 Å². The van der Waals surface area contributed by atoms with E-state index in [-0.39, 0.29) is 0 Å². The standard InChI is InChI=1S/C13H17BrN4S/c1-5-15-11-9(14)10(7(2)3)17-12(18-11)13-16-8(4)6-19-13/h6-7H,5H2,1-4H3,(H,15,17,18). The maximum atomic E-state index is 4.65. The average Bonchev–Trinajstić information content (AvgIpc) is 2.78. The van der Waals surface area contributed by atoms with E-state index in [1.165, 1.54) is 0 Å². The molecule has 2 aromatic rings. The molecular weight excluding hydrogens is 324 g/mol. The Kier molecular flexibility index (Phi) is 4.52. The number of halogens is 1. The lowest BCUT2D eigenvalue weighted by Gasteiger charge is -2.13. The van der Waals surface area contributed by atoms with Gasteiger partial charge < -0.3 is 5.32 Å². The summed E-state index contributed by atoms with van der Waals surface area (Å²) in [5.74, 6) is 1.86. The molecule has 102 valence electrons. The highest BCUT2D eigenvalue weighted by molar-refractivity contribution is 9.10. The fourth-order valence-corrected chi connectivity index (χ4v) is 3.19. The number of hydrogen-bond acceptors (Lipinski definition) is 5. The summed E-state index contributed by atoms with van der Waals surface area (Å²) in [4.78, 5) is 13.7. The van der Waals surface area contributed by atoms with E-state index in [4.69, 9.17) is 0 Å². The maximum Gasteiger partial charge on any atom is 0.191 e. The zero-order valence-corrected chi connectivity index (χ0v) is 13.9. The van der Waals surface area contributed by atoms with Crippen molar-refractivity contribution in [3.63, 3.8) is 0 Å². The molecule has 0 aliphatic carbocycles. The highest BCUT2D eigenvalue weighted by Gasteiger charge is 2.16. The second-order valence-corrected chi connectivity index (χ2v) is 6.23. The summed E-state index contributed by atoms with van der Waals surface area (Å²) in [6.07, 6.45) is 0. The average molecular weight is 341 g/mol. The lowest BCUT2D eigenvalue weighted by Crippen LogP contribution is -2.07. The third-order valence-electron chi connectivity index (χ3n) is 2.58. The molecule has 0 atom stereocenters. The van der Waals surface area contributed by atoms with Gasteiger partial charge in [0.05, 0.1) is 10.2 Å². The third kappa shape index (κ3) is 3.12. The first-order valence-corrected chi connectivity index (χ1v) is 7.94. The van der Waals surface area contributed by atoms with Crippen molar-refractivity contribution < 1.29 is 0 Å². The van der Waals surface area contributed by atoms with Gasteiger partial charge in [0.15, 0.2) is 10.8 Å². The van der Waals surface area contributed by atoms with Crippen LogP contribution in [0.3, 0.4) is 0 Å². The van der Waals surface area contributed by atoms with E-state index in [0.717, 1.165) is 33.2 Å². The number of hydrogen-bond donors (Lipinski definition) is 1. The van der Waals surface area contributed by atoms with Gasteiger partial charge in [-0.3, -0.25) is 0 Å². The molecule has 0 saturated heterocycles. The van der Waals surface area contributed by atoms with Crippen LogP contribution in [0.5, 0.6) is 0 Å². The SMILES string of the molecule is CCNc1nc(-c2nc(C)cs2)nc(C(C)C)c1Br. The Morgan fingerprint density at radius 1 is 1.32 bits per heavy atom. The van der Waals surface area contributed by atoms with Crippen LogP contribution in [0.4, 0.5) is 5.82 Å². The van der Waals surface area contributed by atoms with Crippen LogP contribution in [0, 0.1) is 6.92 Å². The molecule has 0 amide bonds. The number of rotatable bonds is 4. The molecule has 0 unspecified atom stereocenters.